The van der Waals surface area contributed by atoms with Crippen molar-refractivity contribution in [1.82, 2.24) is 14.9 Å². The first-order valence-electron chi connectivity index (χ1n) is 11.8. The summed E-state index contributed by atoms with van der Waals surface area (Å²) < 4.78 is 33.2. The molecule has 4 rings (SSSR count). The smallest absolute Gasteiger partial charge is 0.251 e. The van der Waals surface area contributed by atoms with Crippen LogP contribution in [0, 0.1) is 17.8 Å². The SMILES string of the molecule is C=CC(=O)NC1CC2CN(S(=O)(=O)c3ccc(C(=O)NCCC4CCOCC4)cc3)CC2C1. The maximum Gasteiger partial charge on any atom is 0.251 e. The molecule has 0 radical (unpaired) electrons. The monoisotopic (exact) mass is 475 g/mol. The highest BCUT2D eigenvalue weighted by molar-refractivity contribution is 7.89. The molecule has 2 unspecified atom stereocenters. The van der Waals surface area contributed by atoms with Crippen molar-refractivity contribution < 1.29 is 22.7 Å². The average Bonchev–Trinajstić information content (AvgIpc) is 3.39. The fourth-order valence-electron chi connectivity index (χ4n) is 5.29. The van der Waals surface area contributed by atoms with Crippen LogP contribution in [0.2, 0.25) is 0 Å². The van der Waals surface area contributed by atoms with Crippen LogP contribution in [0.15, 0.2) is 41.8 Å². The van der Waals surface area contributed by atoms with E-state index in [4.69, 9.17) is 4.74 Å². The Morgan fingerprint density at radius 2 is 1.73 bits per heavy atom. The third-order valence-electron chi connectivity index (χ3n) is 7.18. The Morgan fingerprint density at radius 1 is 1.09 bits per heavy atom. The minimum absolute atomic E-state index is 0.0830. The first-order valence-corrected chi connectivity index (χ1v) is 13.2. The van der Waals surface area contributed by atoms with Gasteiger partial charge >= 0.3 is 0 Å². The van der Waals surface area contributed by atoms with E-state index in [1.807, 2.05) is 0 Å². The number of hydrogen-bond acceptors (Lipinski definition) is 5. The molecule has 0 spiro atoms. The number of amides is 2. The van der Waals surface area contributed by atoms with Crippen LogP contribution >= 0.6 is 0 Å². The first kappa shape index (κ1) is 23.9. The van der Waals surface area contributed by atoms with Gasteiger partial charge in [0.1, 0.15) is 0 Å². The van der Waals surface area contributed by atoms with Crippen molar-refractivity contribution in [3.05, 3.63) is 42.5 Å². The van der Waals surface area contributed by atoms with Crippen molar-refractivity contribution >= 4 is 21.8 Å². The summed E-state index contributed by atoms with van der Waals surface area (Å²) in [4.78, 5) is 24.2. The number of fused-ring (bicyclic) bond motifs is 1. The quantitative estimate of drug-likeness (QED) is 0.559. The van der Waals surface area contributed by atoms with E-state index in [2.05, 4.69) is 17.2 Å². The van der Waals surface area contributed by atoms with Gasteiger partial charge in [-0.05, 0) is 80.2 Å². The Kier molecular flexibility index (Phi) is 7.51. The molecular weight excluding hydrogens is 442 g/mol. The van der Waals surface area contributed by atoms with Crippen LogP contribution in [0.5, 0.6) is 0 Å². The van der Waals surface area contributed by atoms with Gasteiger partial charge in [0, 0.05) is 44.5 Å². The number of carbonyl (C=O) groups is 2. The first-order chi connectivity index (χ1) is 15.9. The highest BCUT2D eigenvalue weighted by Crippen LogP contribution is 2.40. The van der Waals surface area contributed by atoms with Gasteiger partial charge in [0.2, 0.25) is 15.9 Å². The van der Waals surface area contributed by atoms with E-state index in [0.717, 1.165) is 45.3 Å². The number of rotatable bonds is 8. The van der Waals surface area contributed by atoms with Crippen LogP contribution in [0.1, 0.15) is 42.5 Å². The largest absolute Gasteiger partial charge is 0.381 e. The normalized spacial score (nSPS) is 26.0. The highest BCUT2D eigenvalue weighted by Gasteiger charge is 2.45. The molecule has 1 aromatic rings. The Morgan fingerprint density at radius 3 is 2.33 bits per heavy atom. The summed E-state index contributed by atoms with van der Waals surface area (Å²) in [5, 5.41) is 5.86. The number of carbonyl (C=O) groups excluding carboxylic acids is 2. The predicted octanol–water partition coefficient (Wildman–Crippen LogP) is 1.93. The van der Waals surface area contributed by atoms with E-state index in [9.17, 15) is 18.0 Å². The van der Waals surface area contributed by atoms with Gasteiger partial charge in [-0.1, -0.05) is 6.58 Å². The van der Waals surface area contributed by atoms with Crippen molar-refractivity contribution in [2.45, 2.75) is 43.0 Å². The van der Waals surface area contributed by atoms with Crippen LogP contribution < -0.4 is 10.6 Å². The molecule has 2 N–H and O–H groups in total. The topological polar surface area (TPSA) is 105 Å². The summed E-state index contributed by atoms with van der Waals surface area (Å²) in [5.41, 5.74) is 0.458. The van der Waals surface area contributed by atoms with Gasteiger partial charge in [-0.15, -0.1) is 0 Å². The molecule has 2 heterocycles. The summed E-state index contributed by atoms with van der Waals surface area (Å²) in [7, 11) is -3.61. The molecule has 2 saturated heterocycles. The lowest BCUT2D eigenvalue weighted by Gasteiger charge is -2.21. The lowest BCUT2D eigenvalue weighted by atomic mass is 9.97. The number of hydrogen-bond donors (Lipinski definition) is 2. The lowest BCUT2D eigenvalue weighted by molar-refractivity contribution is -0.117. The highest BCUT2D eigenvalue weighted by atomic mass is 32.2. The second-order valence-electron chi connectivity index (χ2n) is 9.35. The van der Waals surface area contributed by atoms with Crippen LogP contribution in [-0.2, 0) is 19.6 Å². The molecule has 0 aromatic heterocycles. The van der Waals surface area contributed by atoms with Crippen molar-refractivity contribution in [3.63, 3.8) is 0 Å². The molecule has 9 heteroatoms. The Bertz CT molecular complexity index is 958. The number of nitrogens with one attached hydrogen (secondary N) is 2. The number of nitrogens with zero attached hydrogens (tertiary/aromatic N) is 1. The summed E-state index contributed by atoms with van der Waals surface area (Å²) in [6.07, 6.45) is 5.82. The molecular formula is C24H33N3O5S. The van der Waals surface area contributed by atoms with E-state index in [1.165, 1.54) is 22.5 Å². The zero-order valence-corrected chi connectivity index (χ0v) is 19.7. The van der Waals surface area contributed by atoms with Crippen LogP contribution in [0.4, 0.5) is 0 Å². The number of ether oxygens (including phenoxy) is 1. The average molecular weight is 476 g/mol. The van der Waals surface area contributed by atoms with Gasteiger partial charge in [-0.25, -0.2) is 8.42 Å². The van der Waals surface area contributed by atoms with Crippen LogP contribution in [-0.4, -0.2) is 63.4 Å². The number of benzene rings is 1. The Balaban J connectivity index is 1.29. The maximum atomic E-state index is 13.1. The van der Waals surface area contributed by atoms with Crippen LogP contribution in [0.25, 0.3) is 0 Å². The molecule has 1 aromatic carbocycles. The van der Waals surface area contributed by atoms with E-state index in [-0.39, 0.29) is 34.6 Å². The van der Waals surface area contributed by atoms with Crippen molar-refractivity contribution in [2.24, 2.45) is 17.8 Å². The summed E-state index contributed by atoms with van der Waals surface area (Å²) in [6, 6.07) is 6.27. The third kappa shape index (κ3) is 5.65. The molecule has 0 bridgehead atoms. The van der Waals surface area contributed by atoms with Gasteiger partial charge in [0.25, 0.3) is 5.91 Å². The third-order valence-corrected chi connectivity index (χ3v) is 9.03. The van der Waals surface area contributed by atoms with Crippen LogP contribution in [0.3, 0.4) is 0 Å². The van der Waals surface area contributed by atoms with E-state index in [0.29, 0.717) is 31.1 Å². The second-order valence-corrected chi connectivity index (χ2v) is 11.3. The van der Waals surface area contributed by atoms with E-state index >= 15 is 0 Å². The summed E-state index contributed by atoms with van der Waals surface area (Å²) >= 11 is 0. The summed E-state index contributed by atoms with van der Waals surface area (Å²) in [6.45, 7) is 6.58. The Hall–Kier alpha value is -2.23. The molecule has 8 nitrogen and oxygen atoms in total. The molecule has 1 saturated carbocycles. The van der Waals surface area contributed by atoms with Gasteiger partial charge < -0.3 is 15.4 Å². The molecule has 33 heavy (non-hydrogen) atoms. The minimum atomic E-state index is -3.61. The molecule has 2 atom stereocenters. The van der Waals surface area contributed by atoms with Crippen molar-refractivity contribution in [3.8, 4) is 0 Å². The van der Waals surface area contributed by atoms with Crippen molar-refractivity contribution in [1.29, 1.82) is 0 Å². The van der Waals surface area contributed by atoms with E-state index in [1.54, 1.807) is 12.1 Å². The van der Waals surface area contributed by atoms with Gasteiger partial charge in [-0.2, -0.15) is 4.31 Å². The molecule has 3 fully saturated rings. The molecule has 180 valence electrons. The summed E-state index contributed by atoms with van der Waals surface area (Å²) in [5.74, 6) is 0.706. The van der Waals surface area contributed by atoms with Crippen molar-refractivity contribution in [2.75, 3.05) is 32.8 Å². The molecule has 3 aliphatic rings. The fourth-order valence-corrected chi connectivity index (χ4v) is 6.84. The van der Waals surface area contributed by atoms with Gasteiger partial charge in [0.15, 0.2) is 0 Å². The zero-order valence-electron chi connectivity index (χ0n) is 18.9. The van der Waals surface area contributed by atoms with Gasteiger partial charge in [0.05, 0.1) is 4.90 Å². The standard InChI is InChI=1S/C24H33N3O5S/c1-2-23(28)26-21-13-19-15-27(16-20(19)14-21)33(30,31)22-5-3-18(4-6-22)24(29)25-10-7-17-8-11-32-12-9-17/h2-6,17,19-21H,1,7-16H2,(H,25,29)(H,26,28). The predicted molar refractivity (Wildman–Crippen MR) is 124 cm³/mol. The molecule has 2 amide bonds. The van der Waals surface area contributed by atoms with Gasteiger partial charge in [-0.3, -0.25) is 9.59 Å². The Labute approximate surface area is 195 Å². The maximum absolute atomic E-state index is 13.1. The molecule has 2 aliphatic heterocycles. The number of sulfonamides is 1. The minimum Gasteiger partial charge on any atom is -0.381 e. The second kappa shape index (κ2) is 10.4. The fraction of sp³-hybridized carbons (Fsp3) is 0.583. The lowest BCUT2D eigenvalue weighted by Crippen LogP contribution is -2.35. The zero-order chi connectivity index (χ0) is 23.4. The van der Waals surface area contributed by atoms with E-state index < -0.39 is 10.0 Å². The molecule has 1 aliphatic carbocycles.